The van der Waals surface area contributed by atoms with E-state index in [1.54, 1.807) is 19.9 Å². The first-order valence-electron chi connectivity index (χ1n) is 7.81. The highest BCUT2D eigenvalue weighted by atomic mass is 19.4. The second-order valence-electron chi connectivity index (χ2n) is 6.17. The lowest BCUT2D eigenvalue weighted by atomic mass is 9.93. The molecule has 0 saturated heterocycles. The van der Waals surface area contributed by atoms with Gasteiger partial charge >= 0.3 is 6.18 Å². The van der Waals surface area contributed by atoms with Crippen molar-refractivity contribution in [3.63, 3.8) is 0 Å². The summed E-state index contributed by atoms with van der Waals surface area (Å²) in [6.45, 7) is 2.03. The van der Waals surface area contributed by atoms with Crippen LogP contribution in [0, 0.1) is 13.8 Å². The second-order valence-corrected chi connectivity index (χ2v) is 6.17. The molecule has 10 heteroatoms. The van der Waals surface area contributed by atoms with E-state index in [4.69, 9.17) is 11.5 Å². The van der Waals surface area contributed by atoms with Crippen LogP contribution in [0.3, 0.4) is 0 Å². The molecule has 0 aliphatic heterocycles. The van der Waals surface area contributed by atoms with Crippen LogP contribution in [0.5, 0.6) is 5.75 Å². The third kappa shape index (κ3) is 3.14. The van der Waals surface area contributed by atoms with Gasteiger partial charge in [-0.05, 0) is 36.6 Å². The monoisotopic (exact) mass is 379 g/mol. The molecule has 0 unspecified atom stereocenters. The minimum Gasteiger partial charge on any atom is -0.508 e. The molecule has 0 aliphatic rings. The van der Waals surface area contributed by atoms with E-state index in [2.05, 4.69) is 9.97 Å². The third-order valence-corrected chi connectivity index (χ3v) is 4.27. The van der Waals surface area contributed by atoms with Crippen LogP contribution in [0.2, 0.25) is 0 Å². The first kappa shape index (κ1) is 18.5. The predicted octanol–water partition coefficient (Wildman–Crippen LogP) is 2.66. The number of phenols is 1. The maximum Gasteiger partial charge on any atom is 0.406 e. The number of nitrogen functional groups attached to an aromatic ring is 1. The number of aryl methyl sites for hydroxylation is 1. The average Bonchev–Trinajstić information content (AvgIpc) is 2.93. The smallest absolute Gasteiger partial charge is 0.406 e. The molecule has 1 amide bonds. The molecule has 2 aromatic heterocycles. The number of primary amides is 1. The zero-order valence-corrected chi connectivity index (χ0v) is 14.4. The van der Waals surface area contributed by atoms with E-state index in [1.807, 2.05) is 0 Å². The Morgan fingerprint density at radius 2 is 1.93 bits per heavy atom. The molecule has 0 radical (unpaired) electrons. The fourth-order valence-corrected chi connectivity index (χ4v) is 3.05. The molecule has 0 saturated carbocycles. The number of aromatic hydroxyl groups is 1. The van der Waals surface area contributed by atoms with E-state index in [1.165, 1.54) is 6.07 Å². The quantitative estimate of drug-likeness (QED) is 0.646. The number of phenolic OH excluding ortho intramolecular Hbond substituents is 1. The molecule has 3 rings (SSSR count). The number of hydrogen-bond acceptors (Lipinski definition) is 5. The van der Waals surface area contributed by atoms with Crippen LogP contribution in [-0.2, 0) is 6.54 Å². The predicted molar refractivity (Wildman–Crippen MR) is 93.1 cm³/mol. The summed E-state index contributed by atoms with van der Waals surface area (Å²) in [6.07, 6.45) is -3.53. The average molecular weight is 379 g/mol. The van der Waals surface area contributed by atoms with Gasteiger partial charge in [-0.1, -0.05) is 6.07 Å². The Labute approximate surface area is 151 Å². The number of anilines is 1. The van der Waals surface area contributed by atoms with Crippen LogP contribution in [-0.4, -0.2) is 31.7 Å². The molecule has 27 heavy (non-hydrogen) atoms. The first-order valence-corrected chi connectivity index (χ1v) is 7.81. The number of rotatable bonds is 3. The number of benzene rings is 1. The third-order valence-electron chi connectivity index (χ3n) is 4.27. The fourth-order valence-electron chi connectivity index (χ4n) is 3.05. The molecular weight excluding hydrogens is 363 g/mol. The highest BCUT2D eigenvalue weighted by Crippen LogP contribution is 2.40. The number of pyridine rings is 1. The summed E-state index contributed by atoms with van der Waals surface area (Å²) in [5.41, 5.74) is 12.6. The van der Waals surface area contributed by atoms with Crippen molar-refractivity contribution >= 4 is 22.8 Å². The van der Waals surface area contributed by atoms with Crippen molar-refractivity contribution in [1.82, 2.24) is 14.5 Å². The van der Waals surface area contributed by atoms with Crippen molar-refractivity contribution in [2.75, 3.05) is 5.73 Å². The Balaban J connectivity index is 2.44. The molecule has 5 N–H and O–H groups in total. The van der Waals surface area contributed by atoms with E-state index in [9.17, 15) is 23.1 Å². The normalized spacial score (nSPS) is 11.9. The van der Waals surface area contributed by atoms with Gasteiger partial charge in [-0.25, -0.2) is 9.97 Å². The van der Waals surface area contributed by atoms with Crippen molar-refractivity contribution in [3.05, 3.63) is 35.3 Å². The molecule has 2 heterocycles. The maximum atomic E-state index is 12.9. The van der Waals surface area contributed by atoms with Crippen molar-refractivity contribution in [2.45, 2.75) is 26.6 Å². The van der Waals surface area contributed by atoms with Crippen molar-refractivity contribution in [3.8, 4) is 16.9 Å². The molecule has 1 aromatic carbocycles. The van der Waals surface area contributed by atoms with Crippen molar-refractivity contribution in [1.29, 1.82) is 0 Å². The van der Waals surface area contributed by atoms with Gasteiger partial charge in [0.05, 0.1) is 12.0 Å². The first-order chi connectivity index (χ1) is 12.5. The van der Waals surface area contributed by atoms with Gasteiger partial charge in [-0.3, -0.25) is 4.79 Å². The van der Waals surface area contributed by atoms with Crippen LogP contribution in [0.1, 0.15) is 21.6 Å². The molecule has 0 aliphatic carbocycles. The van der Waals surface area contributed by atoms with Gasteiger partial charge in [0.25, 0.3) is 5.91 Å². The van der Waals surface area contributed by atoms with E-state index >= 15 is 0 Å². The molecule has 0 bridgehead atoms. The van der Waals surface area contributed by atoms with Crippen LogP contribution in [0.25, 0.3) is 22.3 Å². The topological polar surface area (TPSA) is 120 Å². The summed E-state index contributed by atoms with van der Waals surface area (Å²) in [5, 5.41) is 10.1. The van der Waals surface area contributed by atoms with Crippen LogP contribution >= 0.6 is 0 Å². The SMILES string of the molecule is Cc1ccc(O)c(C)c1-c1c(N)c(C(N)=O)nc2c1ncn2CC(F)(F)F. The fraction of sp³-hybridized carbons (Fsp3) is 0.235. The van der Waals surface area contributed by atoms with Gasteiger partial charge in [0, 0.05) is 5.56 Å². The van der Waals surface area contributed by atoms with E-state index in [0.717, 1.165) is 10.9 Å². The lowest BCUT2D eigenvalue weighted by molar-refractivity contribution is -0.140. The molecule has 7 nitrogen and oxygen atoms in total. The number of hydrogen-bond donors (Lipinski definition) is 3. The number of nitrogens with two attached hydrogens (primary N) is 2. The zero-order valence-electron chi connectivity index (χ0n) is 14.4. The summed E-state index contributed by atoms with van der Waals surface area (Å²) in [7, 11) is 0. The minimum atomic E-state index is -4.51. The second kappa shape index (κ2) is 6.15. The van der Waals surface area contributed by atoms with Gasteiger partial charge < -0.3 is 21.1 Å². The molecule has 0 fully saturated rings. The van der Waals surface area contributed by atoms with Gasteiger partial charge in [-0.15, -0.1) is 0 Å². The maximum absolute atomic E-state index is 12.9. The van der Waals surface area contributed by atoms with E-state index < -0.39 is 18.6 Å². The number of fused-ring (bicyclic) bond motifs is 1. The summed E-state index contributed by atoms with van der Waals surface area (Å²) in [4.78, 5) is 19.7. The minimum absolute atomic E-state index is 0.0321. The number of halogens is 3. The molecular formula is C17H16F3N5O2. The van der Waals surface area contributed by atoms with Crippen LogP contribution in [0.15, 0.2) is 18.5 Å². The van der Waals surface area contributed by atoms with Crippen LogP contribution in [0.4, 0.5) is 18.9 Å². The highest BCUT2D eigenvalue weighted by Gasteiger charge is 2.30. The number of imidazole rings is 1. The standard InChI is InChI=1S/C17H16F3N5O2/c1-7-3-4-9(26)8(2)10(7)11-12(21)14(15(22)27)24-16-13(11)23-6-25(16)5-17(18,19)20/h3-4,6,26H,5,21H2,1-2H3,(H2,22,27). The lowest BCUT2D eigenvalue weighted by Crippen LogP contribution is -2.20. The Bertz CT molecular complexity index is 1070. The summed E-state index contributed by atoms with van der Waals surface area (Å²) < 4.78 is 39.4. The Hall–Kier alpha value is -3.30. The number of carbonyl (C=O) groups excluding carboxylic acids is 1. The Morgan fingerprint density at radius 3 is 2.52 bits per heavy atom. The number of alkyl halides is 3. The number of aromatic nitrogens is 3. The van der Waals surface area contributed by atoms with Crippen LogP contribution < -0.4 is 11.5 Å². The summed E-state index contributed by atoms with van der Waals surface area (Å²) >= 11 is 0. The van der Waals surface area contributed by atoms with Crippen molar-refractivity contribution < 1.29 is 23.1 Å². The number of nitrogens with zero attached hydrogens (tertiary/aromatic N) is 3. The molecule has 3 aromatic rings. The van der Waals surface area contributed by atoms with Gasteiger partial charge in [0.1, 0.15) is 17.8 Å². The number of carbonyl (C=O) groups is 1. The Morgan fingerprint density at radius 1 is 1.26 bits per heavy atom. The molecule has 0 spiro atoms. The molecule has 142 valence electrons. The lowest BCUT2D eigenvalue weighted by Gasteiger charge is -2.16. The molecule has 0 atom stereocenters. The largest absolute Gasteiger partial charge is 0.508 e. The van der Waals surface area contributed by atoms with E-state index in [-0.39, 0.29) is 33.9 Å². The van der Waals surface area contributed by atoms with E-state index in [0.29, 0.717) is 16.7 Å². The van der Waals surface area contributed by atoms with Gasteiger partial charge in [0.15, 0.2) is 11.3 Å². The van der Waals surface area contributed by atoms with Crippen molar-refractivity contribution in [2.24, 2.45) is 5.73 Å². The Kier molecular flexibility index (Phi) is 4.21. The number of amides is 1. The zero-order chi connectivity index (χ0) is 20.1. The summed E-state index contributed by atoms with van der Waals surface area (Å²) in [5.74, 6) is -1.01. The van der Waals surface area contributed by atoms with Gasteiger partial charge in [0.2, 0.25) is 0 Å². The highest BCUT2D eigenvalue weighted by molar-refractivity contribution is 6.07. The summed E-state index contributed by atoms with van der Waals surface area (Å²) in [6, 6.07) is 3.11. The van der Waals surface area contributed by atoms with Gasteiger partial charge in [-0.2, -0.15) is 13.2 Å².